The molecule has 0 aliphatic rings. The van der Waals surface area contributed by atoms with Crippen LogP contribution in [-0.2, 0) is 11.8 Å². The van der Waals surface area contributed by atoms with Gasteiger partial charge in [-0.2, -0.15) is 0 Å². The third kappa shape index (κ3) is 2.70. The summed E-state index contributed by atoms with van der Waals surface area (Å²) in [5.74, 6) is 1.29. The van der Waals surface area contributed by atoms with Crippen molar-refractivity contribution in [3.63, 3.8) is 0 Å². The van der Waals surface area contributed by atoms with Crippen molar-refractivity contribution in [2.75, 3.05) is 12.3 Å². The normalized spacial score (nSPS) is 12.1. The van der Waals surface area contributed by atoms with E-state index >= 15 is 0 Å². The molecule has 5 nitrogen and oxygen atoms in total. The fourth-order valence-electron chi connectivity index (χ4n) is 3.38. The second kappa shape index (κ2) is 6.11. The van der Waals surface area contributed by atoms with E-state index < -0.39 is 5.41 Å². The summed E-state index contributed by atoms with van der Waals surface area (Å²) < 4.78 is 0. The van der Waals surface area contributed by atoms with Crippen LogP contribution in [0.4, 0.5) is 5.82 Å². The molecule has 2 heterocycles. The summed E-state index contributed by atoms with van der Waals surface area (Å²) in [7, 11) is 0. The van der Waals surface area contributed by atoms with Gasteiger partial charge in [0.25, 0.3) is 0 Å². The van der Waals surface area contributed by atoms with Gasteiger partial charge in [-0.3, -0.25) is 0 Å². The number of nitrogens with one attached hydrogen (secondary N) is 1. The van der Waals surface area contributed by atoms with Crippen LogP contribution in [0.3, 0.4) is 0 Å². The van der Waals surface area contributed by atoms with Crippen LogP contribution in [0.2, 0.25) is 0 Å². The van der Waals surface area contributed by atoms with E-state index in [-0.39, 0.29) is 6.61 Å². The predicted octanol–water partition coefficient (Wildman–Crippen LogP) is 3.55. The van der Waals surface area contributed by atoms with Crippen molar-refractivity contribution in [2.24, 2.45) is 0 Å². The Hall–Kier alpha value is -2.92. The first-order chi connectivity index (χ1) is 12.5. The molecule has 2 aromatic heterocycles. The fourth-order valence-corrected chi connectivity index (χ4v) is 3.38. The van der Waals surface area contributed by atoms with Gasteiger partial charge in [-0.1, -0.05) is 56.3 Å². The van der Waals surface area contributed by atoms with Gasteiger partial charge in [0.05, 0.1) is 12.1 Å². The number of nitrogens with two attached hydrogens (primary N) is 1. The molecule has 2 aromatic carbocycles. The van der Waals surface area contributed by atoms with Gasteiger partial charge in [0.1, 0.15) is 22.7 Å². The molecule has 0 amide bonds. The highest BCUT2D eigenvalue weighted by Gasteiger charge is 2.25. The lowest BCUT2D eigenvalue weighted by Crippen LogP contribution is -2.22. The Morgan fingerprint density at radius 2 is 1.81 bits per heavy atom. The first kappa shape index (κ1) is 16.5. The summed E-state index contributed by atoms with van der Waals surface area (Å²) >= 11 is 0. The molecule has 132 valence electrons. The average Bonchev–Trinajstić information content (AvgIpc) is 3.06. The smallest absolute Gasteiger partial charge is 0.150 e. The number of anilines is 1. The summed E-state index contributed by atoms with van der Waals surface area (Å²) in [5, 5.41) is 10.8. The molecule has 0 aliphatic carbocycles. The maximum Gasteiger partial charge on any atom is 0.150 e. The van der Waals surface area contributed by atoms with Crippen LogP contribution in [0.15, 0.2) is 48.5 Å². The summed E-state index contributed by atoms with van der Waals surface area (Å²) in [6.45, 7) is 4.07. The molecule has 0 atom stereocenters. The van der Waals surface area contributed by atoms with Crippen molar-refractivity contribution in [1.29, 1.82) is 0 Å². The number of hydrogen-bond acceptors (Lipinski definition) is 4. The molecule has 4 rings (SSSR count). The topological polar surface area (TPSA) is 87.8 Å². The zero-order chi connectivity index (χ0) is 18.3. The van der Waals surface area contributed by atoms with Crippen molar-refractivity contribution in [3.8, 4) is 0 Å². The number of aromatic amines is 1. The van der Waals surface area contributed by atoms with E-state index in [1.807, 2.05) is 50.2 Å². The van der Waals surface area contributed by atoms with E-state index in [0.717, 1.165) is 33.3 Å². The second-order valence-electron chi connectivity index (χ2n) is 7.31. The number of imidazole rings is 1. The zero-order valence-corrected chi connectivity index (χ0v) is 15.0. The van der Waals surface area contributed by atoms with Gasteiger partial charge in [-0.05, 0) is 17.2 Å². The molecular weight excluding hydrogens is 324 g/mol. The number of aromatic nitrogens is 3. The molecule has 0 saturated heterocycles. The molecule has 0 aliphatic heterocycles. The summed E-state index contributed by atoms with van der Waals surface area (Å²) in [5.41, 5.74) is 10.4. The number of hydrogen-bond donors (Lipinski definition) is 3. The minimum absolute atomic E-state index is 0.0410. The Bertz CT molecular complexity index is 1080. The zero-order valence-electron chi connectivity index (χ0n) is 15.0. The van der Waals surface area contributed by atoms with Crippen molar-refractivity contribution in [2.45, 2.75) is 25.7 Å². The summed E-state index contributed by atoms with van der Waals surface area (Å²) in [6.07, 6.45) is 0.696. The largest absolute Gasteiger partial charge is 0.395 e. The first-order valence-electron chi connectivity index (χ1n) is 8.71. The van der Waals surface area contributed by atoms with E-state index in [0.29, 0.717) is 12.2 Å². The predicted molar refractivity (Wildman–Crippen MR) is 105 cm³/mol. The van der Waals surface area contributed by atoms with Gasteiger partial charge < -0.3 is 15.8 Å². The lowest BCUT2D eigenvalue weighted by molar-refractivity contribution is 0.219. The van der Waals surface area contributed by atoms with Crippen LogP contribution < -0.4 is 5.73 Å². The minimum atomic E-state index is -0.400. The van der Waals surface area contributed by atoms with Crippen molar-refractivity contribution in [3.05, 3.63) is 65.5 Å². The standard InChI is InChI=1S/C21H22N4O/c1-21(2,12-26)14-9-6-10-15-17(14)18-19(20(22)23-15)25-16(24-18)11-13-7-4-3-5-8-13/h3-10,26H,11-12H2,1-2H3,(H2,22,23)(H,24,25). The molecule has 4 N–H and O–H groups in total. The number of aliphatic hydroxyl groups excluding tert-OH is 1. The molecular formula is C21H22N4O. The second-order valence-corrected chi connectivity index (χ2v) is 7.31. The summed E-state index contributed by atoms with van der Waals surface area (Å²) in [4.78, 5) is 12.7. The summed E-state index contributed by atoms with van der Waals surface area (Å²) in [6, 6.07) is 16.1. The van der Waals surface area contributed by atoms with Crippen molar-refractivity contribution >= 4 is 27.8 Å². The van der Waals surface area contributed by atoms with Crippen molar-refractivity contribution in [1.82, 2.24) is 15.0 Å². The third-order valence-corrected chi connectivity index (χ3v) is 4.87. The molecule has 0 fully saturated rings. The number of aliphatic hydroxyl groups is 1. The SMILES string of the molecule is CC(C)(CO)c1cccc2nc(N)c3[nH]c(Cc4ccccc4)nc3c12. The highest BCUT2D eigenvalue weighted by atomic mass is 16.3. The van der Waals surface area contributed by atoms with E-state index in [4.69, 9.17) is 10.7 Å². The Morgan fingerprint density at radius 1 is 1.04 bits per heavy atom. The Kier molecular flexibility index (Phi) is 3.89. The number of nitrogen functional groups attached to an aromatic ring is 1. The highest BCUT2D eigenvalue weighted by Crippen LogP contribution is 2.35. The van der Waals surface area contributed by atoms with Crippen LogP contribution in [-0.4, -0.2) is 26.7 Å². The number of fused-ring (bicyclic) bond motifs is 3. The van der Waals surface area contributed by atoms with Crippen LogP contribution in [0.5, 0.6) is 0 Å². The number of H-pyrrole nitrogens is 1. The van der Waals surface area contributed by atoms with E-state index in [1.165, 1.54) is 5.56 Å². The fraction of sp³-hybridized carbons (Fsp3) is 0.238. The van der Waals surface area contributed by atoms with E-state index in [9.17, 15) is 5.11 Å². The van der Waals surface area contributed by atoms with E-state index in [1.54, 1.807) is 0 Å². The Balaban J connectivity index is 1.96. The van der Waals surface area contributed by atoms with Crippen molar-refractivity contribution < 1.29 is 5.11 Å². The average molecular weight is 346 g/mol. The molecule has 5 heteroatoms. The highest BCUT2D eigenvalue weighted by molar-refractivity contribution is 6.08. The van der Waals surface area contributed by atoms with Gasteiger partial charge in [-0.15, -0.1) is 0 Å². The van der Waals surface area contributed by atoms with Crippen LogP contribution in [0, 0.1) is 0 Å². The third-order valence-electron chi connectivity index (χ3n) is 4.87. The van der Waals surface area contributed by atoms with Crippen LogP contribution in [0.25, 0.3) is 21.9 Å². The van der Waals surface area contributed by atoms with Gasteiger partial charge in [-0.25, -0.2) is 9.97 Å². The maximum atomic E-state index is 9.86. The van der Waals surface area contributed by atoms with Gasteiger partial charge in [0.2, 0.25) is 0 Å². The Morgan fingerprint density at radius 3 is 2.54 bits per heavy atom. The molecule has 26 heavy (non-hydrogen) atoms. The number of pyridine rings is 1. The maximum absolute atomic E-state index is 9.86. The van der Waals surface area contributed by atoms with Gasteiger partial charge in [0, 0.05) is 17.2 Å². The number of benzene rings is 2. The minimum Gasteiger partial charge on any atom is -0.395 e. The molecule has 0 unspecified atom stereocenters. The quantitative estimate of drug-likeness (QED) is 0.527. The van der Waals surface area contributed by atoms with Crippen LogP contribution in [0.1, 0.15) is 30.8 Å². The molecule has 0 saturated carbocycles. The molecule has 0 spiro atoms. The lowest BCUT2D eigenvalue weighted by Gasteiger charge is -2.24. The van der Waals surface area contributed by atoms with Gasteiger partial charge in [0.15, 0.2) is 0 Å². The van der Waals surface area contributed by atoms with E-state index in [2.05, 4.69) is 22.1 Å². The Labute approximate surface area is 151 Å². The lowest BCUT2D eigenvalue weighted by atomic mass is 9.83. The number of nitrogens with zero attached hydrogens (tertiary/aromatic N) is 2. The molecule has 0 bridgehead atoms. The van der Waals surface area contributed by atoms with Gasteiger partial charge >= 0.3 is 0 Å². The molecule has 4 aromatic rings. The van der Waals surface area contributed by atoms with Crippen LogP contribution >= 0.6 is 0 Å². The number of rotatable bonds is 4. The monoisotopic (exact) mass is 346 g/mol. The first-order valence-corrected chi connectivity index (χ1v) is 8.71. The molecule has 0 radical (unpaired) electrons.